The monoisotopic (exact) mass is 252 g/mol. The molecule has 0 aromatic carbocycles. The largest absolute Gasteiger partial charge is 0.481 e. The van der Waals surface area contributed by atoms with Crippen molar-refractivity contribution in [1.82, 2.24) is 0 Å². The van der Waals surface area contributed by atoms with E-state index in [0.717, 1.165) is 0 Å². The Balaban J connectivity index is 0. The first-order valence-electron chi connectivity index (χ1n) is 5.19. The van der Waals surface area contributed by atoms with Gasteiger partial charge < -0.3 is 25.2 Å². The van der Waals surface area contributed by atoms with Crippen LogP contribution in [0.1, 0.15) is 19.8 Å². The summed E-state index contributed by atoms with van der Waals surface area (Å²) in [5, 5.41) is 32.6. The minimum atomic E-state index is -0.951. The van der Waals surface area contributed by atoms with E-state index in [4.69, 9.17) is 20.4 Å². The predicted octanol–water partition coefficient (Wildman–Crippen LogP) is -0.440. The Bertz CT molecular complexity index is 201. The van der Waals surface area contributed by atoms with Gasteiger partial charge in [-0.2, -0.15) is 0 Å². The Labute approximate surface area is 99.6 Å². The number of carboxylic acids is 2. The fourth-order valence-corrected chi connectivity index (χ4v) is 0.695. The van der Waals surface area contributed by atoms with Crippen LogP contribution in [0.15, 0.2) is 0 Å². The number of aliphatic hydroxyl groups is 2. The van der Waals surface area contributed by atoms with Crippen molar-refractivity contribution in [2.75, 3.05) is 26.4 Å². The summed E-state index contributed by atoms with van der Waals surface area (Å²) in [5.41, 5.74) is 0. The van der Waals surface area contributed by atoms with Gasteiger partial charge in [0.1, 0.15) is 0 Å². The summed E-state index contributed by atoms with van der Waals surface area (Å²) < 4.78 is 4.63. The van der Waals surface area contributed by atoms with E-state index < -0.39 is 17.9 Å². The Morgan fingerprint density at radius 3 is 1.88 bits per heavy atom. The minimum absolute atomic E-state index is 0.0278. The Hall–Kier alpha value is -1.18. The number of aliphatic carboxylic acids is 2. The van der Waals surface area contributed by atoms with Crippen LogP contribution < -0.4 is 0 Å². The van der Waals surface area contributed by atoms with Crippen molar-refractivity contribution in [2.45, 2.75) is 19.8 Å². The van der Waals surface area contributed by atoms with Crippen LogP contribution in [-0.2, 0) is 14.3 Å². The normalized spacial score (nSPS) is 11.2. The van der Waals surface area contributed by atoms with Gasteiger partial charge >= 0.3 is 11.9 Å². The Morgan fingerprint density at radius 2 is 1.59 bits per heavy atom. The molecular formula is C10H20O7. The van der Waals surface area contributed by atoms with Gasteiger partial charge in [-0.15, -0.1) is 0 Å². The molecule has 0 aliphatic rings. The maximum atomic E-state index is 10.1. The molecule has 0 aromatic rings. The van der Waals surface area contributed by atoms with Gasteiger partial charge in [-0.3, -0.25) is 9.59 Å². The summed E-state index contributed by atoms with van der Waals surface area (Å²) in [7, 11) is 0. The molecule has 7 heteroatoms. The SMILES string of the molecule is CC(CCC(=O)O)C(=O)O.OCCOCCO. The lowest BCUT2D eigenvalue weighted by Gasteiger charge is -2.01. The average molecular weight is 252 g/mol. The maximum absolute atomic E-state index is 10.1. The fraction of sp³-hybridized carbons (Fsp3) is 0.800. The van der Waals surface area contributed by atoms with Crippen LogP contribution in [0, 0.1) is 5.92 Å². The molecule has 0 bridgehead atoms. The molecule has 0 amide bonds. The third-order valence-electron chi connectivity index (χ3n) is 1.68. The lowest BCUT2D eigenvalue weighted by atomic mass is 10.1. The van der Waals surface area contributed by atoms with Gasteiger partial charge in [0, 0.05) is 6.42 Å². The smallest absolute Gasteiger partial charge is 0.306 e. The van der Waals surface area contributed by atoms with Gasteiger partial charge in [0.2, 0.25) is 0 Å². The zero-order chi connectivity index (χ0) is 13.7. The first-order valence-corrected chi connectivity index (χ1v) is 5.19. The topological polar surface area (TPSA) is 124 Å². The van der Waals surface area contributed by atoms with Gasteiger partial charge in [0.25, 0.3) is 0 Å². The average Bonchev–Trinajstić information content (AvgIpc) is 2.27. The summed E-state index contributed by atoms with van der Waals surface area (Å²) in [5.74, 6) is -2.45. The summed E-state index contributed by atoms with van der Waals surface area (Å²) in [4.78, 5) is 20.1. The molecule has 0 saturated heterocycles. The van der Waals surface area contributed by atoms with Gasteiger partial charge in [-0.1, -0.05) is 6.92 Å². The van der Waals surface area contributed by atoms with E-state index >= 15 is 0 Å². The molecule has 1 unspecified atom stereocenters. The number of rotatable bonds is 8. The highest BCUT2D eigenvalue weighted by atomic mass is 16.5. The first-order chi connectivity index (χ1) is 7.95. The summed E-state index contributed by atoms with van der Waals surface area (Å²) in [6, 6.07) is 0. The highest BCUT2D eigenvalue weighted by molar-refractivity contribution is 5.71. The Morgan fingerprint density at radius 1 is 1.12 bits per heavy atom. The highest BCUT2D eigenvalue weighted by Crippen LogP contribution is 2.04. The number of hydrogen-bond donors (Lipinski definition) is 4. The van der Waals surface area contributed by atoms with E-state index in [1.807, 2.05) is 0 Å². The maximum Gasteiger partial charge on any atom is 0.306 e. The van der Waals surface area contributed by atoms with E-state index in [9.17, 15) is 9.59 Å². The van der Waals surface area contributed by atoms with E-state index in [0.29, 0.717) is 13.2 Å². The number of carbonyl (C=O) groups is 2. The number of hydrogen-bond acceptors (Lipinski definition) is 5. The van der Waals surface area contributed by atoms with Crippen LogP contribution in [-0.4, -0.2) is 58.8 Å². The number of aliphatic hydroxyl groups excluding tert-OH is 2. The fourth-order valence-electron chi connectivity index (χ4n) is 0.695. The molecule has 0 aromatic heterocycles. The quantitative estimate of drug-likeness (QED) is 0.431. The van der Waals surface area contributed by atoms with E-state index in [1.54, 1.807) is 0 Å². The predicted molar refractivity (Wildman–Crippen MR) is 58.7 cm³/mol. The molecule has 102 valence electrons. The van der Waals surface area contributed by atoms with E-state index in [2.05, 4.69) is 4.74 Å². The van der Waals surface area contributed by atoms with Crippen LogP contribution in [0.4, 0.5) is 0 Å². The van der Waals surface area contributed by atoms with Crippen molar-refractivity contribution in [2.24, 2.45) is 5.92 Å². The molecule has 0 aliphatic carbocycles. The van der Waals surface area contributed by atoms with Gasteiger partial charge in [-0.25, -0.2) is 0 Å². The lowest BCUT2D eigenvalue weighted by molar-refractivity contribution is -0.142. The van der Waals surface area contributed by atoms with E-state index in [-0.39, 0.29) is 26.1 Å². The van der Waals surface area contributed by atoms with Crippen molar-refractivity contribution in [1.29, 1.82) is 0 Å². The second kappa shape index (κ2) is 12.9. The van der Waals surface area contributed by atoms with Crippen molar-refractivity contribution in [3.63, 3.8) is 0 Å². The summed E-state index contributed by atoms with van der Waals surface area (Å²) >= 11 is 0. The zero-order valence-corrected chi connectivity index (χ0v) is 9.83. The Kier molecular flexibility index (Phi) is 13.8. The van der Waals surface area contributed by atoms with Crippen LogP contribution in [0.3, 0.4) is 0 Å². The highest BCUT2D eigenvalue weighted by Gasteiger charge is 2.11. The minimum Gasteiger partial charge on any atom is -0.481 e. The van der Waals surface area contributed by atoms with Gasteiger partial charge in [0.15, 0.2) is 0 Å². The van der Waals surface area contributed by atoms with Gasteiger partial charge in [-0.05, 0) is 6.42 Å². The van der Waals surface area contributed by atoms with Crippen molar-refractivity contribution < 1.29 is 34.8 Å². The molecule has 0 heterocycles. The first kappa shape index (κ1) is 18.2. The van der Waals surface area contributed by atoms with Gasteiger partial charge in [0.05, 0.1) is 32.3 Å². The number of carboxylic acid groups (broad SMARTS) is 2. The molecule has 7 nitrogen and oxygen atoms in total. The molecule has 0 spiro atoms. The van der Waals surface area contributed by atoms with Crippen molar-refractivity contribution in [3.8, 4) is 0 Å². The summed E-state index contributed by atoms with van der Waals surface area (Å²) in [6.45, 7) is 2.19. The van der Waals surface area contributed by atoms with Crippen molar-refractivity contribution >= 4 is 11.9 Å². The standard InChI is InChI=1S/C6H10O4.C4H10O3/c1-4(6(9)10)2-3-5(7)8;5-1-3-7-4-2-6/h4H,2-3H2,1H3,(H,7,8)(H,9,10);5-6H,1-4H2. The molecule has 0 fully saturated rings. The molecule has 0 rings (SSSR count). The van der Waals surface area contributed by atoms with Crippen LogP contribution in [0.25, 0.3) is 0 Å². The summed E-state index contributed by atoms with van der Waals surface area (Å²) in [6.07, 6.45) is 0.123. The van der Waals surface area contributed by atoms with Crippen LogP contribution in [0.2, 0.25) is 0 Å². The van der Waals surface area contributed by atoms with Crippen molar-refractivity contribution in [3.05, 3.63) is 0 Å². The number of ether oxygens (including phenoxy) is 1. The van der Waals surface area contributed by atoms with E-state index in [1.165, 1.54) is 6.92 Å². The molecule has 0 saturated carbocycles. The second-order valence-electron chi connectivity index (χ2n) is 3.23. The molecule has 4 N–H and O–H groups in total. The van der Waals surface area contributed by atoms with Crippen LogP contribution >= 0.6 is 0 Å². The second-order valence-corrected chi connectivity index (χ2v) is 3.23. The molecule has 0 radical (unpaired) electrons. The zero-order valence-electron chi connectivity index (χ0n) is 9.83. The molecule has 17 heavy (non-hydrogen) atoms. The molecular weight excluding hydrogens is 232 g/mol. The third-order valence-corrected chi connectivity index (χ3v) is 1.68. The van der Waals surface area contributed by atoms with Crippen LogP contribution in [0.5, 0.6) is 0 Å². The third kappa shape index (κ3) is 17.4. The molecule has 1 atom stereocenters. The lowest BCUT2D eigenvalue weighted by Crippen LogP contribution is -2.11. The molecule has 0 aliphatic heterocycles.